The molecule has 9 heteroatoms. The second-order valence-electron chi connectivity index (χ2n) is 8.38. The maximum atomic E-state index is 13.4. The van der Waals surface area contributed by atoms with Crippen LogP contribution in [0.25, 0.3) is 6.08 Å². The van der Waals surface area contributed by atoms with Gasteiger partial charge in [-0.1, -0.05) is 6.07 Å². The van der Waals surface area contributed by atoms with Crippen LogP contribution in [0.3, 0.4) is 0 Å². The lowest BCUT2D eigenvalue weighted by Gasteiger charge is -2.36. The number of hydrogen-bond donors (Lipinski definition) is 1. The number of hydrogen-bond acceptors (Lipinski definition) is 6. The van der Waals surface area contributed by atoms with Gasteiger partial charge < -0.3 is 19.5 Å². The molecule has 0 atom stereocenters. The highest BCUT2D eigenvalue weighted by Crippen LogP contribution is 2.21. The molecule has 180 valence electrons. The van der Waals surface area contributed by atoms with Crippen molar-refractivity contribution in [3.8, 4) is 0 Å². The highest BCUT2D eigenvalue weighted by molar-refractivity contribution is 6.05. The number of nitrogens with zero attached hydrogens (tertiary/aromatic N) is 3. The first-order valence-corrected chi connectivity index (χ1v) is 11.2. The minimum atomic E-state index is -0.431. The van der Waals surface area contributed by atoms with E-state index in [0.29, 0.717) is 37.5 Å². The molecule has 1 fully saturated rings. The predicted molar refractivity (Wildman–Crippen MR) is 132 cm³/mol. The fourth-order valence-corrected chi connectivity index (χ4v) is 3.87. The lowest BCUT2D eigenvalue weighted by Crippen LogP contribution is -2.50. The van der Waals surface area contributed by atoms with Gasteiger partial charge in [0.1, 0.15) is 11.5 Å². The van der Waals surface area contributed by atoms with Gasteiger partial charge in [-0.15, -0.1) is 0 Å². The van der Waals surface area contributed by atoms with Crippen molar-refractivity contribution in [3.63, 3.8) is 0 Å². The quantitative estimate of drug-likeness (QED) is 0.329. The Kier molecular flexibility index (Phi) is 6.96. The molecule has 2 amide bonds. The first-order valence-electron chi connectivity index (χ1n) is 11.2. The number of nitrogens with one attached hydrogen (secondary N) is 1. The standard InChI is InChI=1S/C26H26N4O5/c1-18-5-6-20(16-19(18)2)25(31)27-24(17-23-4-3-15-35-23)26(32)29-13-11-28(12-14-29)21-7-9-22(10-8-21)30(33)34/h3-10,15-17H,11-14H2,1-2H3,(H,27,31). The third kappa shape index (κ3) is 5.57. The second kappa shape index (κ2) is 10.3. The second-order valence-corrected chi connectivity index (χ2v) is 8.38. The zero-order valence-corrected chi connectivity index (χ0v) is 19.6. The molecule has 0 spiro atoms. The highest BCUT2D eigenvalue weighted by atomic mass is 16.6. The Morgan fingerprint density at radius 3 is 2.31 bits per heavy atom. The van der Waals surface area contributed by atoms with Gasteiger partial charge in [-0.3, -0.25) is 19.7 Å². The maximum Gasteiger partial charge on any atom is 0.270 e. The van der Waals surface area contributed by atoms with E-state index in [1.807, 2.05) is 19.9 Å². The fourth-order valence-electron chi connectivity index (χ4n) is 3.87. The van der Waals surface area contributed by atoms with E-state index in [2.05, 4.69) is 10.2 Å². The lowest BCUT2D eigenvalue weighted by atomic mass is 10.1. The number of nitro groups is 1. The van der Waals surface area contributed by atoms with Gasteiger partial charge in [-0.05, 0) is 61.4 Å². The SMILES string of the molecule is Cc1ccc(C(=O)NC(=Cc2ccco2)C(=O)N2CCN(c3ccc([N+](=O)[O-])cc3)CC2)cc1C. The molecule has 4 rings (SSSR count). The van der Waals surface area contributed by atoms with E-state index in [0.717, 1.165) is 16.8 Å². The normalized spacial score (nSPS) is 14.1. The number of furan rings is 1. The summed E-state index contributed by atoms with van der Waals surface area (Å²) in [5.41, 5.74) is 3.56. The minimum absolute atomic E-state index is 0.0368. The Bertz CT molecular complexity index is 1260. The van der Waals surface area contributed by atoms with Crippen LogP contribution >= 0.6 is 0 Å². The molecule has 0 radical (unpaired) electrons. The lowest BCUT2D eigenvalue weighted by molar-refractivity contribution is -0.384. The number of anilines is 1. The number of amides is 2. The van der Waals surface area contributed by atoms with Crippen LogP contribution in [-0.4, -0.2) is 47.8 Å². The van der Waals surface area contributed by atoms with E-state index >= 15 is 0 Å². The molecule has 1 aliphatic heterocycles. The van der Waals surface area contributed by atoms with E-state index in [9.17, 15) is 19.7 Å². The molecule has 35 heavy (non-hydrogen) atoms. The van der Waals surface area contributed by atoms with Crippen molar-refractivity contribution in [1.82, 2.24) is 10.2 Å². The van der Waals surface area contributed by atoms with Crippen LogP contribution in [0.4, 0.5) is 11.4 Å². The molecular formula is C26H26N4O5. The Hall–Kier alpha value is -4.40. The summed E-state index contributed by atoms with van der Waals surface area (Å²) in [6.07, 6.45) is 3.03. The topological polar surface area (TPSA) is 109 Å². The van der Waals surface area contributed by atoms with Gasteiger partial charge in [0.2, 0.25) is 0 Å². The number of non-ortho nitro benzene ring substituents is 1. The molecule has 1 aromatic heterocycles. The van der Waals surface area contributed by atoms with Crippen molar-refractivity contribution in [2.45, 2.75) is 13.8 Å². The molecule has 1 saturated heterocycles. The van der Waals surface area contributed by atoms with Crippen molar-refractivity contribution >= 4 is 29.3 Å². The third-order valence-electron chi connectivity index (χ3n) is 6.07. The van der Waals surface area contributed by atoms with Crippen LogP contribution < -0.4 is 10.2 Å². The minimum Gasteiger partial charge on any atom is -0.465 e. The first kappa shape index (κ1) is 23.7. The van der Waals surface area contributed by atoms with Gasteiger partial charge in [-0.2, -0.15) is 0 Å². The average molecular weight is 475 g/mol. The van der Waals surface area contributed by atoms with Crippen LogP contribution in [0.15, 0.2) is 71.0 Å². The summed E-state index contributed by atoms with van der Waals surface area (Å²) in [5.74, 6) is -0.219. The number of carbonyl (C=O) groups is 2. The van der Waals surface area contributed by atoms with Gasteiger partial charge >= 0.3 is 0 Å². The molecule has 1 N–H and O–H groups in total. The number of aryl methyl sites for hydroxylation is 2. The molecule has 2 heterocycles. The molecule has 1 aliphatic rings. The molecule has 0 aliphatic carbocycles. The van der Waals surface area contributed by atoms with Gasteiger partial charge in [-0.25, -0.2) is 0 Å². The van der Waals surface area contributed by atoms with E-state index < -0.39 is 4.92 Å². The van der Waals surface area contributed by atoms with Crippen molar-refractivity contribution < 1.29 is 18.9 Å². The molecular weight excluding hydrogens is 448 g/mol. The van der Waals surface area contributed by atoms with Crippen molar-refractivity contribution in [1.29, 1.82) is 0 Å². The largest absolute Gasteiger partial charge is 0.465 e. The van der Waals surface area contributed by atoms with Crippen LogP contribution in [0.1, 0.15) is 27.2 Å². The summed E-state index contributed by atoms with van der Waals surface area (Å²) >= 11 is 0. The first-order chi connectivity index (χ1) is 16.8. The monoisotopic (exact) mass is 474 g/mol. The number of piperazine rings is 1. The highest BCUT2D eigenvalue weighted by Gasteiger charge is 2.26. The average Bonchev–Trinajstić information content (AvgIpc) is 3.38. The number of carbonyl (C=O) groups excluding carboxylic acids is 2. The Morgan fingerprint density at radius 2 is 1.71 bits per heavy atom. The van der Waals surface area contributed by atoms with E-state index in [1.165, 1.54) is 24.5 Å². The number of rotatable bonds is 6. The summed E-state index contributed by atoms with van der Waals surface area (Å²) < 4.78 is 5.37. The van der Waals surface area contributed by atoms with Crippen LogP contribution in [-0.2, 0) is 4.79 Å². The fraction of sp³-hybridized carbons (Fsp3) is 0.231. The van der Waals surface area contributed by atoms with Gasteiger partial charge in [0, 0.05) is 55.6 Å². The summed E-state index contributed by atoms with van der Waals surface area (Å²) in [6.45, 7) is 5.89. The predicted octanol–water partition coefficient (Wildman–Crippen LogP) is 3.92. The molecule has 0 bridgehead atoms. The Morgan fingerprint density at radius 1 is 1.00 bits per heavy atom. The van der Waals surface area contributed by atoms with Crippen LogP contribution in [0, 0.1) is 24.0 Å². The number of nitro benzene ring substituents is 1. The zero-order valence-electron chi connectivity index (χ0n) is 19.6. The smallest absolute Gasteiger partial charge is 0.270 e. The van der Waals surface area contributed by atoms with Gasteiger partial charge in [0.05, 0.1) is 11.2 Å². The molecule has 0 unspecified atom stereocenters. The summed E-state index contributed by atoms with van der Waals surface area (Å²) in [4.78, 5) is 40.5. The van der Waals surface area contributed by atoms with Crippen molar-refractivity contribution in [3.05, 3.63) is 99.1 Å². The Labute approximate surface area is 202 Å². The molecule has 0 saturated carbocycles. The number of benzene rings is 2. The van der Waals surface area contributed by atoms with Crippen LogP contribution in [0.2, 0.25) is 0 Å². The van der Waals surface area contributed by atoms with Gasteiger partial charge in [0.25, 0.3) is 17.5 Å². The third-order valence-corrected chi connectivity index (χ3v) is 6.07. The summed E-state index contributed by atoms with van der Waals surface area (Å²) in [5, 5.41) is 13.7. The van der Waals surface area contributed by atoms with Crippen molar-refractivity contribution in [2.24, 2.45) is 0 Å². The van der Waals surface area contributed by atoms with Crippen molar-refractivity contribution in [2.75, 3.05) is 31.1 Å². The molecule has 2 aromatic carbocycles. The molecule has 9 nitrogen and oxygen atoms in total. The Balaban J connectivity index is 1.47. The van der Waals surface area contributed by atoms with E-state index in [4.69, 9.17) is 4.42 Å². The van der Waals surface area contributed by atoms with Gasteiger partial charge in [0.15, 0.2) is 0 Å². The molecule has 3 aromatic rings. The van der Waals surface area contributed by atoms with E-state index in [1.54, 1.807) is 41.3 Å². The summed E-state index contributed by atoms with van der Waals surface area (Å²) in [7, 11) is 0. The van der Waals surface area contributed by atoms with Crippen LogP contribution in [0.5, 0.6) is 0 Å². The summed E-state index contributed by atoms with van der Waals surface area (Å²) in [6, 6.07) is 15.2. The van der Waals surface area contributed by atoms with E-state index in [-0.39, 0.29) is 23.2 Å². The maximum absolute atomic E-state index is 13.4. The zero-order chi connectivity index (χ0) is 24.9.